The summed E-state index contributed by atoms with van der Waals surface area (Å²) in [5.41, 5.74) is 3.66. The highest BCUT2D eigenvalue weighted by Crippen LogP contribution is 2.37. The van der Waals surface area contributed by atoms with Crippen molar-refractivity contribution in [1.82, 2.24) is 4.57 Å². The maximum atomic E-state index is 14.2. The second-order valence-corrected chi connectivity index (χ2v) is 14.1. The van der Waals surface area contributed by atoms with Crippen LogP contribution in [0.25, 0.3) is 6.08 Å². The first-order valence-corrected chi connectivity index (χ1v) is 18.5. The van der Waals surface area contributed by atoms with Crippen molar-refractivity contribution >= 4 is 62.5 Å². The first-order valence-electron chi connectivity index (χ1n) is 16.2. The number of nitrogens with zero attached hydrogens (tertiary/aromatic N) is 2. The standard InChI is InChI=1S/C39H33BrCl2N2O6S/c1-4-47-33-19-26(13-16-32(33)50-22-27-12-14-28(41)20-30(27)42)36-35(38(46)48-5-2)23(3)43-39-44(36)37(45)34(51-39)18-25-11-15-31(29(40)17-25)49-21-24-9-7-6-8-10-24/h6-20,36H,4-5,21-22H2,1-3H3/b34-18-/t36-/m0/s1. The fourth-order valence-electron chi connectivity index (χ4n) is 5.59. The number of carbonyl (C=O) groups is 1. The van der Waals surface area contributed by atoms with E-state index >= 15 is 0 Å². The number of allylic oxidation sites excluding steroid dienone is 1. The first kappa shape index (κ1) is 36.4. The molecular weight excluding hydrogens is 775 g/mol. The van der Waals surface area contributed by atoms with Crippen molar-refractivity contribution in [3.8, 4) is 17.2 Å². The molecule has 1 atom stereocenters. The summed E-state index contributed by atoms with van der Waals surface area (Å²) in [5.74, 6) is 1.04. The molecule has 5 aromatic rings. The highest BCUT2D eigenvalue weighted by molar-refractivity contribution is 9.10. The third kappa shape index (κ3) is 8.25. The van der Waals surface area contributed by atoms with Gasteiger partial charge in [0.05, 0.1) is 39.5 Å². The molecule has 0 fully saturated rings. The van der Waals surface area contributed by atoms with Gasteiger partial charge in [-0.05, 0) is 95.9 Å². The molecule has 1 aromatic heterocycles. The molecule has 0 radical (unpaired) electrons. The molecule has 1 aliphatic rings. The zero-order valence-electron chi connectivity index (χ0n) is 28.0. The van der Waals surface area contributed by atoms with E-state index in [1.165, 1.54) is 11.3 Å². The van der Waals surface area contributed by atoms with Crippen LogP contribution in [0.1, 0.15) is 49.1 Å². The van der Waals surface area contributed by atoms with Crippen molar-refractivity contribution in [3.05, 3.63) is 153 Å². The van der Waals surface area contributed by atoms with E-state index in [1.807, 2.05) is 61.5 Å². The fourth-order valence-corrected chi connectivity index (χ4v) is 7.61. The van der Waals surface area contributed by atoms with Gasteiger partial charge in [-0.3, -0.25) is 9.36 Å². The SMILES string of the molecule is CCOC(=O)C1=C(C)N=c2s/c(=C\c3ccc(OCc4ccccc4)c(Br)c3)c(=O)n2[C@H]1c1ccc(OCc2ccc(Cl)cc2Cl)c(OCC)c1. The minimum absolute atomic E-state index is 0.164. The molecule has 0 aliphatic carbocycles. The zero-order valence-corrected chi connectivity index (χ0v) is 31.9. The third-order valence-corrected chi connectivity index (χ3v) is 10.2. The van der Waals surface area contributed by atoms with Crippen LogP contribution < -0.4 is 29.1 Å². The van der Waals surface area contributed by atoms with Gasteiger partial charge in [-0.2, -0.15) is 0 Å². The Balaban J connectivity index is 1.37. The molecule has 12 heteroatoms. The summed E-state index contributed by atoms with van der Waals surface area (Å²) in [4.78, 5) is 32.9. The number of aromatic nitrogens is 1. The van der Waals surface area contributed by atoms with E-state index < -0.39 is 12.0 Å². The second kappa shape index (κ2) is 16.3. The molecular formula is C39H33BrCl2N2O6S. The summed E-state index contributed by atoms with van der Waals surface area (Å²) in [6.07, 6.45) is 1.81. The predicted octanol–water partition coefficient (Wildman–Crippen LogP) is 8.42. The van der Waals surface area contributed by atoms with Gasteiger partial charge >= 0.3 is 5.97 Å². The lowest BCUT2D eigenvalue weighted by Crippen LogP contribution is -2.40. The van der Waals surface area contributed by atoms with E-state index in [-0.39, 0.29) is 24.3 Å². The molecule has 0 unspecified atom stereocenters. The monoisotopic (exact) mass is 806 g/mol. The molecule has 262 valence electrons. The smallest absolute Gasteiger partial charge is 0.338 e. The number of hydrogen-bond donors (Lipinski definition) is 0. The number of halogens is 3. The fraction of sp³-hybridized carbons (Fsp3) is 0.205. The molecule has 51 heavy (non-hydrogen) atoms. The van der Waals surface area contributed by atoms with Gasteiger partial charge in [0.1, 0.15) is 19.0 Å². The normalized spacial score (nSPS) is 14.2. The lowest BCUT2D eigenvalue weighted by atomic mass is 9.95. The van der Waals surface area contributed by atoms with Gasteiger partial charge in [-0.1, -0.05) is 83.1 Å². The average Bonchev–Trinajstić information content (AvgIpc) is 3.41. The number of esters is 1. The first-order chi connectivity index (χ1) is 24.7. The molecule has 0 amide bonds. The van der Waals surface area contributed by atoms with Crippen molar-refractivity contribution in [2.24, 2.45) is 4.99 Å². The Morgan fingerprint density at radius 1 is 0.902 bits per heavy atom. The number of ether oxygens (including phenoxy) is 4. The van der Waals surface area contributed by atoms with Crippen molar-refractivity contribution < 1.29 is 23.7 Å². The van der Waals surface area contributed by atoms with Crippen LogP contribution in [0.3, 0.4) is 0 Å². The molecule has 6 rings (SSSR count). The van der Waals surface area contributed by atoms with Crippen molar-refractivity contribution in [1.29, 1.82) is 0 Å². The van der Waals surface area contributed by atoms with Crippen LogP contribution in [0.15, 0.2) is 110 Å². The van der Waals surface area contributed by atoms with Crippen LogP contribution in [0.5, 0.6) is 17.2 Å². The Morgan fingerprint density at radius 3 is 2.39 bits per heavy atom. The summed E-state index contributed by atoms with van der Waals surface area (Å²) in [7, 11) is 0. The summed E-state index contributed by atoms with van der Waals surface area (Å²) in [5, 5.41) is 1.01. The number of fused-ring (bicyclic) bond motifs is 1. The molecule has 8 nitrogen and oxygen atoms in total. The highest BCUT2D eigenvalue weighted by atomic mass is 79.9. The van der Waals surface area contributed by atoms with Crippen molar-refractivity contribution in [2.45, 2.75) is 40.0 Å². The Bertz CT molecular complexity index is 2300. The van der Waals surface area contributed by atoms with Gasteiger partial charge in [0, 0.05) is 15.6 Å². The topological polar surface area (TPSA) is 88.4 Å². The number of thiazole rings is 1. The van der Waals surface area contributed by atoms with E-state index in [4.69, 9.17) is 47.1 Å². The highest BCUT2D eigenvalue weighted by Gasteiger charge is 2.34. The maximum absolute atomic E-state index is 14.2. The minimum Gasteiger partial charge on any atom is -0.490 e. The summed E-state index contributed by atoms with van der Waals surface area (Å²) < 4.78 is 26.4. The van der Waals surface area contributed by atoms with Gasteiger partial charge in [-0.15, -0.1) is 0 Å². The van der Waals surface area contributed by atoms with E-state index in [9.17, 15) is 9.59 Å². The third-order valence-electron chi connectivity index (χ3n) is 7.99. The maximum Gasteiger partial charge on any atom is 0.338 e. The van der Waals surface area contributed by atoms with Crippen LogP contribution in [0.4, 0.5) is 0 Å². The van der Waals surface area contributed by atoms with E-state index in [0.29, 0.717) is 61.1 Å². The Kier molecular flexibility index (Phi) is 11.7. The molecule has 0 saturated carbocycles. The second-order valence-electron chi connectivity index (χ2n) is 11.4. The molecule has 0 N–H and O–H groups in total. The number of rotatable bonds is 12. The van der Waals surface area contributed by atoms with Crippen LogP contribution in [0.2, 0.25) is 10.0 Å². The average molecular weight is 809 g/mol. The molecule has 0 saturated heterocycles. The van der Waals surface area contributed by atoms with E-state index in [2.05, 4.69) is 15.9 Å². The van der Waals surface area contributed by atoms with Gasteiger partial charge < -0.3 is 18.9 Å². The molecule has 1 aliphatic heterocycles. The number of carbonyl (C=O) groups excluding carboxylic acids is 1. The number of benzene rings is 4. The lowest BCUT2D eigenvalue weighted by molar-refractivity contribution is -0.139. The van der Waals surface area contributed by atoms with E-state index in [1.54, 1.807) is 54.8 Å². The quantitative estimate of drug-likeness (QED) is 0.118. The predicted molar refractivity (Wildman–Crippen MR) is 204 cm³/mol. The molecule has 0 bridgehead atoms. The lowest BCUT2D eigenvalue weighted by Gasteiger charge is -2.25. The van der Waals surface area contributed by atoms with Crippen molar-refractivity contribution in [2.75, 3.05) is 13.2 Å². The molecule has 0 spiro atoms. The zero-order chi connectivity index (χ0) is 36.1. The van der Waals surface area contributed by atoms with Crippen LogP contribution in [-0.2, 0) is 22.7 Å². The molecule has 4 aromatic carbocycles. The number of hydrogen-bond acceptors (Lipinski definition) is 8. The van der Waals surface area contributed by atoms with Gasteiger partial charge in [0.25, 0.3) is 5.56 Å². The Morgan fingerprint density at radius 2 is 1.67 bits per heavy atom. The minimum atomic E-state index is -0.832. The summed E-state index contributed by atoms with van der Waals surface area (Å²) in [6, 6.07) is 25.3. The van der Waals surface area contributed by atoms with E-state index in [0.717, 1.165) is 21.2 Å². The van der Waals surface area contributed by atoms with Gasteiger partial charge in [-0.25, -0.2) is 9.79 Å². The Labute approximate surface area is 317 Å². The summed E-state index contributed by atoms with van der Waals surface area (Å²) >= 11 is 17.3. The summed E-state index contributed by atoms with van der Waals surface area (Å²) in [6.45, 7) is 6.47. The van der Waals surface area contributed by atoms with Gasteiger partial charge in [0.2, 0.25) is 0 Å². The molecule has 2 heterocycles. The Hall–Kier alpha value is -4.35. The van der Waals surface area contributed by atoms with Crippen LogP contribution in [-0.4, -0.2) is 23.8 Å². The largest absolute Gasteiger partial charge is 0.490 e. The van der Waals surface area contributed by atoms with Crippen LogP contribution >= 0.6 is 50.5 Å². The van der Waals surface area contributed by atoms with Crippen molar-refractivity contribution in [3.63, 3.8) is 0 Å². The van der Waals surface area contributed by atoms with Gasteiger partial charge in [0.15, 0.2) is 16.3 Å². The van der Waals surface area contributed by atoms with Crippen LogP contribution in [0, 0.1) is 0 Å².